The monoisotopic (exact) mass is 270 g/mol. The van der Waals surface area contributed by atoms with E-state index in [1.54, 1.807) is 0 Å². The van der Waals surface area contributed by atoms with Crippen LogP contribution < -0.4 is 5.26 Å². The maximum absolute atomic E-state index is 11.8. The zero-order valence-corrected chi connectivity index (χ0v) is 10.6. The Labute approximate surface area is 100 Å². The highest BCUT2D eigenvalue weighted by atomic mass is 32.3. The highest BCUT2D eigenvalue weighted by Gasteiger charge is 2.22. The van der Waals surface area contributed by atoms with Crippen molar-refractivity contribution in [3.05, 3.63) is 0 Å². The van der Waals surface area contributed by atoms with E-state index in [1.807, 2.05) is 0 Å². The molecular weight excluding hydrogens is 254 g/mol. The Hall–Kier alpha value is 0.140. The van der Waals surface area contributed by atoms with Gasteiger partial charge in [-0.15, -0.1) is 0 Å². The molecule has 0 radical (unpaired) electrons. The minimum absolute atomic E-state index is 0.282. The number of hydrogen-bond donors (Lipinski definition) is 0. The molecule has 1 saturated heterocycles. The van der Waals surface area contributed by atoms with Crippen LogP contribution in [0.5, 0.6) is 0 Å². The standard InChI is InChI=1S/C8H17NO5S2/c10-13-14-15-8-16(11,12)9-6-4-2-1-3-5-7-9/h10H,1-8H2/p-1. The maximum Gasteiger partial charge on any atom is 0.225 e. The quantitative estimate of drug-likeness (QED) is 0.312. The summed E-state index contributed by atoms with van der Waals surface area (Å²) in [6.45, 7) is 1.11. The van der Waals surface area contributed by atoms with E-state index in [1.165, 1.54) is 10.7 Å². The minimum atomic E-state index is -3.34. The van der Waals surface area contributed by atoms with Crippen molar-refractivity contribution in [1.82, 2.24) is 4.31 Å². The van der Waals surface area contributed by atoms with Crippen molar-refractivity contribution in [2.45, 2.75) is 32.1 Å². The van der Waals surface area contributed by atoms with E-state index >= 15 is 0 Å². The number of nitrogens with zero attached hydrogens (tertiary/aromatic N) is 1. The van der Waals surface area contributed by atoms with Gasteiger partial charge in [0.1, 0.15) is 5.08 Å². The van der Waals surface area contributed by atoms with Crippen LogP contribution in [-0.4, -0.2) is 30.9 Å². The molecular formula is C8H16NO5S2-. The average molecular weight is 270 g/mol. The Morgan fingerprint density at radius 2 is 1.69 bits per heavy atom. The number of sulfonamides is 1. The van der Waals surface area contributed by atoms with Gasteiger partial charge in [0, 0.05) is 25.1 Å². The summed E-state index contributed by atoms with van der Waals surface area (Å²) in [5.41, 5.74) is 0. The van der Waals surface area contributed by atoms with Gasteiger partial charge in [-0.2, -0.15) is 4.33 Å². The van der Waals surface area contributed by atoms with E-state index in [0.29, 0.717) is 25.1 Å². The van der Waals surface area contributed by atoms with Gasteiger partial charge in [-0.3, -0.25) is 5.04 Å². The summed E-state index contributed by atoms with van der Waals surface area (Å²) in [7, 11) is -3.34. The van der Waals surface area contributed by atoms with E-state index in [0.717, 1.165) is 25.7 Å². The summed E-state index contributed by atoms with van der Waals surface area (Å²) in [5.74, 6) is 0. The molecule has 1 aliphatic rings. The molecule has 1 rings (SSSR count). The molecule has 0 aliphatic carbocycles. The summed E-state index contributed by atoms with van der Waals surface area (Å²) in [6.07, 6.45) is 5.10. The summed E-state index contributed by atoms with van der Waals surface area (Å²) >= 11 is 0.501. The predicted octanol–water partition coefficient (Wildman–Crippen LogP) is 0.411. The van der Waals surface area contributed by atoms with Crippen LogP contribution >= 0.6 is 12.0 Å². The lowest BCUT2D eigenvalue weighted by atomic mass is 10.1. The van der Waals surface area contributed by atoms with Gasteiger partial charge in [-0.1, -0.05) is 19.3 Å². The molecule has 0 unspecified atom stereocenters. The van der Waals surface area contributed by atoms with Crippen molar-refractivity contribution in [2.75, 3.05) is 18.2 Å². The molecule has 0 aromatic heterocycles. The average Bonchev–Trinajstić information content (AvgIpc) is 2.16. The Kier molecular flexibility index (Phi) is 6.62. The lowest BCUT2D eigenvalue weighted by Crippen LogP contribution is -2.35. The molecule has 8 heteroatoms. The third-order valence-electron chi connectivity index (χ3n) is 2.48. The number of rotatable bonds is 5. The second kappa shape index (κ2) is 7.46. The molecule has 96 valence electrons. The smallest absolute Gasteiger partial charge is 0.225 e. The first-order valence-corrected chi connectivity index (χ1v) is 7.75. The second-order valence-corrected chi connectivity index (χ2v) is 6.65. The maximum atomic E-state index is 11.8. The van der Waals surface area contributed by atoms with Crippen LogP contribution in [0, 0.1) is 0 Å². The van der Waals surface area contributed by atoms with Gasteiger partial charge >= 0.3 is 0 Å². The molecule has 0 atom stereocenters. The van der Waals surface area contributed by atoms with Crippen LogP contribution in [-0.2, 0) is 19.4 Å². The molecule has 0 spiro atoms. The van der Waals surface area contributed by atoms with Crippen molar-refractivity contribution in [3.8, 4) is 0 Å². The van der Waals surface area contributed by atoms with E-state index in [9.17, 15) is 13.7 Å². The fourth-order valence-electron chi connectivity index (χ4n) is 1.67. The molecule has 0 amide bonds. The van der Waals surface area contributed by atoms with Crippen molar-refractivity contribution in [2.24, 2.45) is 0 Å². The van der Waals surface area contributed by atoms with Crippen LogP contribution in [0.25, 0.3) is 0 Å². The van der Waals surface area contributed by atoms with Crippen molar-refractivity contribution >= 4 is 22.1 Å². The first-order chi connectivity index (χ1) is 7.67. The van der Waals surface area contributed by atoms with Gasteiger partial charge in [0.15, 0.2) is 0 Å². The van der Waals surface area contributed by atoms with Crippen LogP contribution in [0.15, 0.2) is 0 Å². The van der Waals surface area contributed by atoms with Crippen molar-refractivity contribution < 1.29 is 23.0 Å². The van der Waals surface area contributed by atoms with E-state index in [-0.39, 0.29) is 5.08 Å². The fourth-order valence-corrected chi connectivity index (χ4v) is 3.76. The summed E-state index contributed by atoms with van der Waals surface area (Å²) < 4.78 is 29.0. The Balaban J connectivity index is 2.44. The third kappa shape index (κ3) is 4.98. The number of hydrogen-bond acceptors (Lipinski definition) is 6. The molecule has 1 fully saturated rings. The van der Waals surface area contributed by atoms with Crippen LogP contribution in [0.1, 0.15) is 32.1 Å². The highest BCUT2D eigenvalue weighted by Crippen LogP contribution is 2.17. The van der Waals surface area contributed by atoms with Crippen molar-refractivity contribution in [1.29, 1.82) is 0 Å². The van der Waals surface area contributed by atoms with E-state index in [2.05, 4.69) is 9.37 Å². The summed E-state index contributed by atoms with van der Waals surface area (Å²) in [6, 6.07) is 0. The van der Waals surface area contributed by atoms with Gasteiger partial charge in [-0.05, 0) is 12.8 Å². The summed E-state index contributed by atoms with van der Waals surface area (Å²) in [4.78, 5) is 0. The summed E-state index contributed by atoms with van der Waals surface area (Å²) in [5, 5.41) is 12.4. The molecule has 0 bridgehead atoms. The zero-order valence-electron chi connectivity index (χ0n) is 8.96. The molecule has 0 saturated carbocycles. The molecule has 16 heavy (non-hydrogen) atoms. The lowest BCUT2D eigenvalue weighted by molar-refractivity contribution is -0.777. The highest BCUT2D eigenvalue weighted by molar-refractivity contribution is 8.08. The van der Waals surface area contributed by atoms with E-state index < -0.39 is 10.0 Å². The molecule has 6 nitrogen and oxygen atoms in total. The zero-order chi connectivity index (χ0) is 11.9. The Bertz CT molecular complexity index is 274. The van der Waals surface area contributed by atoms with Gasteiger partial charge < -0.3 is 5.26 Å². The van der Waals surface area contributed by atoms with Gasteiger partial charge in [0.25, 0.3) is 0 Å². The molecule has 0 aromatic rings. The largest absolute Gasteiger partial charge is 0.691 e. The first kappa shape index (κ1) is 14.2. The Morgan fingerprint density at radius 3 is 2.25 bits per heavy atom. The Morgan fingerprint density at radius 1 is 1.12 bits per heavy atom. The molecule has 1 heterocycles. The molecule has 0 aromatic carbocycles. The minimum Gasteiger partial charge on any atom is -0.691 e. The normalized spacial score (nSPS) is 20.3. The topological polar surface area (TPSA) is 78.9 Å². The molecule has 0 N–H and O–H groups in total. The van der Waals surface area contributed by atoms with Crippen LogP contribution in [0.4, 0.5) is 0 Å². The lowest BCUT2D eigenvalue weighted by Gasteiger charge is -2.23. The second-order valence-electron chi connectivity index (χ2n) is 3.65. The van der Waals surface area contributed by atoms with Crippen LogP contribution in [0.3, 0.4) is 0 Å². The van der Waals surface area contributed by atoms with Crippen molar-refractivity contribution in [3.63, 3.8) is 0 Å². The predicted molar refractivity (Wildman–Crippen MR) is 58.2 cm³/mol. The third-order valence-corrected chi connectivity index (χ3v) is 5.36. The van der Waals surface area contributed by atoms with Gasteiger partial charge in [0.05, 0.1) is 0 Å². The SMILES string of the molecule is O=S(=O)(CSOO[O-])N1CCCCCCC1. The van der Waals surface area contributed by atoms with Gasteiger partial charge in [0.2, 0.25) is 10.0 Å². The van der Waals surface area contributed by atoms with E-state index in [4.69, 9.17) is 0 Å². The van der Waals surface area contributed by atoms with Gasteiger partial charge in [-0.25, -0.2) is 12.7 Å². The fraction of sp³-hybridized carbons (Fsp3) is 1.00. The molecule has 1 aliphatic heterocycles. The van der Waals surface area contributed by atoms with Crippen LogP contribution in [0.2, 0.25) is 0 Å². The first-order valence-electron chi connectivity index (χ1n) is 5.23.